The van der Waals surface area contributed by atoms with E-state index in [2.05, 4.69) is 5.10 Å². The molecule has 1 fully saturated rings. The SMILES string of the molecule is Cc1cc(CN2CC(CS(=O)(=O)F)CC2=O)nn1C. The molecular weight excluding hydrogens is 273 g/mol. The fourth-order valence-electron chi connectivity index (χ4n) is 2.31. The minimum absolute atomic E-state index is 0.0783. The molecule has 0 spiro atoms. The zero-order chi connectivity index (χ0) is 14.2. The van der Waals surface area contributed by atoms with Crippen LogP contribution in [0.15, 0.2) is 6.07 Å². The average Bonchev–Trinajstić information content (AvgIpc) is 2.70. The van der Waals surface area contributed by atoms with Crippen molar-refractivity contribution in [3.8, 4) is 0 Å². The van der Waals surface area contributed by atoms with Crippen molar-refractivity contribution in [1.29, 1.82) is 0 Å². The lowest BCUT2D eigenvalue weighted by Crippen LogP contribution is -2.25. The Kier molecular flexibility index (Phi) is 3.62. The molecule has 0 saturated carbocycles. The van der Waals surface area contributed by atoms with Crippen molar-refractivity contribution < 1.29 is 17.1 Å². The Morgan fingerprint density at radius 3 is 2.74 bits per heavy atom. The molecule has 6 nitrogen and oxygen atoms in total. The maximum Gasteiger partial charge on any atom is 0.302 e. The van der Waals surface area contributed by atoms with Gasteiger partial charge in [0.05, 0.1) is 18.0 Å². The lowest BCUT2D eigenvalue weighted by Gasteiger charge is -2.14. The Balaban J connectivity index is 2.00. The first-order valence-corrected chi connectivity index (χ1v) is 7.49. The Labute approximate surface area is 111 Å². The quantitative estimate of drug-likeness (QED) is 0.751. The van der Waals surface area contributed by atoms with Gasteiger partial charge in [0.1, 0.15) is 0 Å². The number of carbonyl (C=O) groups is 1. The standard InChI is InChI=1S/C11H16FN3O3S/c1-8-3-10(13-14(8)2)6-15-5-9(4-11(15)16)7-19(12,17)18/h3,9H,4-7H2,1-2H3. The minimum atomic E-state index is -4.53. The van der Waals surface area contributed by atoms with Gasteiger partial charge in [0.25, 0.3) is 0 Å². The first kappa shape index (κ1) is 14.0. The van der Waals surface area contributed by atoms with Crippen LogP contribution < -0.4 is 0 Å². The number of halogens is 1. The van der Waals surface area contributed by atoms with E-state index in [0.717, 1.165) is 11.4 Å². The second-order valence-corrected chi connectivity index (χ2v) is 6.36. The Morgan fingerprint density at radius 1 is 1.53 bits per heavy atom. The van der Waals surface area contributed by atoms with E-state index in [1.165, 1.54) is 4.90 Å². The largest absolute Gasteiger partial charge is 0.336 e. The summed E-state index contributed by atoms with van der Waals surface area (Å²) < 4.78 is 35.5. The molecule has 0 bridgehead atoms. The van der Waals surface area contributed by atoms with E-state index in [0.29, 0.717) is 6.54 Å². The average molecular weight is 289 g/mol. The lowest BCUT2D eigenvalue weighted by molar-refractivity contribution is -0.128. The molecule has 0 N–H and O–H groups in total. The zero-order valence-corrected chi connectivity index (χ0v) is 11.7. The van der Waals surface area contributed by atoms with E-state index < -0.39 is 21.9 Å². The van der Waals surface area contributed by atoms with Crippen LogP contribution in [-0.2, 0) is 28.6 Å². The van der Waals surface area contributed by atoms with Crippen LogP contribution in [-0.4, -0.2) is 41.3 Å². The van der Waals surface area contributed by atoms with E-state index in [-0.39, 0.29) is 18.9 Å². The molecule has 1 aromatic rings. The zero-order valence-electron chi connectivity index (χ0n) is 10.8. The highest BCUT2D eigenvalue weighted by Crippen LogP contribution is 2.21. The van der Waals surface area contributed by atoms with E-state index in [4.69, 9.17) is 0 Å². The number of hydrogen-bond donors (Lipinski definition) is 0. The summed E-state index contributed by atoms with van der Waals surface area (Å²) in [5, 5.41) is 4.24. The Morgan fingerprint density at radius 2 is 2.21 bits per heavy atom. The molecule has 2 rings (SSSR count). The van der Waals surface area contributed by atoms with Crippen LogP contribution in [0.1, 0.15) is 17.8 Å². The van der Waals surface area contributed by atoms with Crippen molar-refractivity contribution in [2.45, 2.75) is 19.9 Å². The van der Waals surface area contributed by atoms with Crippen LogP contribution in [0, 0.1) is 12.8 Å². The number of aromatic nitrogens is 2. The number of aryl methyl sites for hydroxylation is 2. The van der Waals surface area contributed by atoms with E-state index in [1.807, 2.05) is 20.0 Å². The third kappa shape index (κ3) is 3.52. The molecule has 1 unspecified atom stereocenters. The molecule has 8 heteroatoms. The summed E-state index contributed by atoms with van der Waals surface area (Å²) in [4.78, 5) is 13.3. The molecule has 1 aromatic heterocycles. The number of hydrogen-bond acceptors (Lipinski definition) is 4. The van der Waals surface area contributed by atoms with E-state index in [9.17, 15) is 17.1 Å². The van der Waals surface area contributed by atoms with Gasteiger partial charge in [0, 0.05) is 31.6 Å². The Hall–Kier alpha value is -1.44. The number of carbonyl (C=O) groups excluding carboxylic acids is 1. The summed E-state index contributed by atoms with van der Waals surface area (Å²) in [6.45, 7) is 2.50. The molecule has 19 heavy (non-hydrogen) atoms. The van der Waals surface area contributed by atoms with Crippen molar-refractivity contribution in [2.24, 2.45) is 13.0 Å². The predicted octanol–water partition coefficient (Wildman–Crippen LogP) is 0.376. The van der Waals surface area contributed by atoms with Gasteiger partial charge in [-0.15, -0.1) is 3.89 Å². The molecule has 0 aliphatic carbocycles. The smallest absolute Gasteiger partial charge is 0.302 e. The van der Waals surface area contributed by atoms with Gasteiger partial charge in [-0.3, -0.25) is 9.48 Å². The van der Waals surface area contributed by atoms with E-state index >= 15 is 0 Å². The molecule has 0 aromatic carbocycles. The fraction of sp³-hybridized carbons (Fsp3) is 0.636. The molecule has 1 atom stereocenters. The van der Waals surface area contributed by atoms with Crippen molar-refractivity contribution >= 4 is 16.1 Å². The van der Waals surface area contributed by atoms with Crippen molar-refractivity contribution in [2.75, 3.05) is 12.3 Å². The first-order valence-electron chi connectivity index (χ1n) is 5.94. The topological polar surface area (TPSA) is 72.3 Å². The highest BCUT2D eigenvalue weighted by Gasteiger charge is 2.33. The van der Waals surface area contributed by atoms with Gasteiger partial charge >= 0.3 is 10.2 Å². The molecule has 1 saturated heterocycles. The summed E-state index contributed by atoms with van der Waals surface area (Å²) in [5.74, 6) is -1.21. The third-order valence-corrected chi connectivity index (χ3v) is 4.12. The molecule has 1 amide bonds. The second kappa shape index (κ2) is 4.92. The highest BCUT2D eigenvalue weighted by molar-refractivity contribution is 7.86. The summed E-state index contributed by atoms with van der Waals surface area (Å²) in [5.41, 5.74) is 1.72. The van der Waals surface area contributed by atoms with E-state index in [1.54, 1.807) is 4.68 Å². The van der Waals surface area contributed by atoms with Gasteiger partial charge in [-0.1, -0.05) is 0 Å². The molecule has 1 aliphatic rings. The number of nitrogens with zero attached hydrogens (tertiary/aromatic N) is 3. The molecule has 0 radical (unpaired) electrons. The van der Waals surface area contributed by atoms with Gasteiger partial charge in [0.2, 0.25) is 5.91 Å². The maximum absolute atomic E-state index is 12.6. The molecule has 106 valence electrons. The molecular formula is C11H16FN3O3S. The lowest BCUT2D eigenvalue weighted by atomic mass is 10.1. The normalized spacial score (nSPS) is 20.3. The molecule has 2 heterocycles. The monoisotopic (exact) mass is 289 g/mol. The molecule has 1 aliphatic heterocycles. The van der Waals surface area contributed by atoms with Gasteiger partial charge in [-0.25, -0.2) is 0 Å². The van der Waals surface area contributed by atoms with Crippen LogP contribution in [0.3, 0.4) is 0 Å². The van der Waals surface area contributed by atoms with Crippen LogP contribution in [0.2, 0.25) is 0 Å². The van der Waals surface area contributed by atoms with Gasteiger partial charge in [0.15, 0.2) is 0 Å². The summed E-state index contributed by atoms with van der Waals surface area (Å²) in [6.07, 6.45) is 0.0783. The number of likely N-dealkylation sites (tertiary alicyclic amines) is 1. The van der Waals surface area contributed by atoms with Gasteiger partial charge < -0.3 is 4.90 Å². The van der Waals surface area contributed by atoms with Crippen molar-refractivity contribution in [3.05, 3.63) is 17.5 Å². The summed E-state index contributed by atoms with van der Waals surface area (Å²) >= 11 is 0. The predicted molar refractivity (Wildman–Crippen MR) is 66.4 cm³/mol. The van der Waals surface area contributed by atoms with Crippen LogP contribution in [0.4, 0.5) is 3.89 Å². The summed E-state index contributed by atoms with van der Waals surface area (Å²) in [7, 11) is -2.72. The van der Waals surface area contributed by atoms with Crippen LogP contribution in [0.25, 0.3) is 0 Å². The minimum Gasteiger partial charge on any atom is -0.336 e. The first-order chi connectivity index (χ1) is 8.74. The maximum atomic E-state index is 12.6. The number of amides is 1. The third-order valence-electron chi connectivity index (χ3n) is 3.25. The van der Waals surface area contributed by atoms with Crippen LogP contribution >= 0.6 is 0 Å². The van der Waals surface area contributed by atoms with Gasteiger partial charge in [-0.05, 0) is 13.0 Å². The fourth-order valence-corrected chi connectivity index (χ4v) is 3.09. The Bertz CT molecular complexity index is 577. The van der Waals surface area contributed by atoms with Crippen LogP contribution in [0.5, 0.6) is 0 Å². The van der Waals surface area contributed by atoms with Gasteiger partial charge in [-0.2, -0.15) is 13.5 Å². The number of rotatable bonds is 4. The second-order valence-electron chi connectivity index (χ2n) is 4.95. The highest BCUT2D eigenvalue weighted by atomic mass is 32.3. The summed E-state index contributed by atoms with van der Waals surface area (Å²) in [6, 6.07) is 1.87. The van der Waals surface area contributed by atoms with Crippen molar-refractivity contribution in [3.63, 3.8) is 0 Å². The van der Waals surface area contributed by atoms with Crippen molar-refractivity contribution in [1.82, 2.24) is 14.7 Å².